The molecule has 6 heteroatoms. The zero-order valence-electron chi connectivity index (χ0n) is 30.4. The fourth-order valence-electron chi connectivity index (χ4n) is 10.5. The van der Waals surface area contributed by atoms with Crippen LogP contribution in [0.25, 0.3) is 28.0 Å². The minimum Gasteiger partial charge on any atom is -0.497 e. The lowest BCUT2D eigenvalue weighted by Crippen LogP contribution is -2.44. The van der Waals surface area contributed by atoms with Gasteiger partial charge in [-0.1, -0.05) is 82.3 Å². The van der Waals surface area contributed by atoms with Gasteiger partial charge in [0.05, 0.1) is 21.3 Å². The van der Waals surface area contributed by atoms with Gasteiger partial charge in [-0.2, -0.15) is 0 Å². The summed E-state index contributed by atoms with van der Waals surface area (Å²) < 4.78 is 37.3. The molecule has 0 radical (unpaired) electrons. The molecule has 1 spiro atoms. The van der Waals surface area contributed by atoms with E-state index in [-0.39, 0.29) is 23.0 Å². The van der Waals surface area contributed by atoms with Gasteiger partial charge < -0.3 is 28.4 Å². The van der Waals surface area contributed by atoms with Crippen LogP contribution in [0.4, 0.5) is 0 Å². The molecule has 2 heterocycles. The second kappa shape index (κ2) is 10.9. The SMILES string of the molecule is COc1ccc(C2(c3ccc(OC)cc3)C=Cc3c4c(c5c6c(c(OC)cc5c3O2)OCO6)-c2ccccc2C42CC(C)(C)CC(C)(C)C2)cc1. The highest BCUT2D eigenvalue weighted by molar-refractivity contribution is 6.13. The summed E-state index contributed by atoms with van der Waals surface area (Å²) in [6.45, 7) is 9.88. The minimum atomic E-state index is -0.958. The Bertz CT molecular complexity index is 2180. The van der Waals surface area contributed by atoms with E-state index in [1.807, 2.05) is 24.3 Å². The maximum absolute atomic E-state index is 7.65. The highest BCUT2D eigenvalue weighted by Gasteiger charge is 2.56. The average Bonchev–Trinajstić information content (AvgIpc) is 3.72. The smallest absolute Gasteiger partial charge is 0.231 e. The Morgan fingerprint density at radius 3 is 1.86 bits per heavy atom. The molecule has 4 aliphatic rings. The number of ether oxygens (including phenoxy) is 6. The Morgan fingerprint density at radius 2 is 1.25 bits per heavy atom. The fourth-order valence-corrected chi connectivity index (χ4v) is 10.5. The molecule has 6 nitrogen and oxygen atoms in total. The van der Waals surface area contributed by atoms with Gasteiger partial charge >= 0.3 is 0 Å². The van der Waals surface area contributed by atoms with Gasteiger partial charge in [-0.15, -0.1) is 0 Å². The predicted octanol–water partition coefficient (Wildman–Crippen LogP) is 10.4. The van der Waals surface area contributed by atoms with E-state index in [0.717, 1.165) is 64.0 Å². The molecule has 0 aromatic heterocycles. The molecule has 5 aromatic rings. The van der Waals surface area contributed by atoms with Crippen LogP contribution in [0.2, 0.25) is 0 Å². The molecule has 0 unspecified atom stereocenters. The van der Waals surface area contributed by atoms with Crippen molar-refractivity contribution in [1.29, 1.82) is 0 Å². The summed E-state index contributed by atoms with van der Waals surface area (Å²) in [4.78, 5) is 0. The number of fused-ring (bicyclic) bond motifs is 12. The van der Waals surface area contributed by atoms with E-state index in [0.29, 0.717) is 17.2 Å². The van der Waals surface area contributed by atoms with Crippen LogP contribution in [0, 0.1) is 10.8 Å². The van der Waals surface area contributed by atoms with Gasteiger partial charge in [-0.25, -0.2) is 0 Å². The van der Waals surface area contributed by atoms with E-state index < -0.39 is 5.60 Å². The van der Waals surface area contributed by atoms with Crippen molar-refractivity contribution in [3.05, 3.63) is 113 Å². The third kappa shape index (κ3) is 4.54. The lowest BCUT2D eigenvalue weighted by Gasteiger charge is -2.52. The molecule has 2 aliphatic carbocycles. The quantitative estimate of drug-likeness (QED) is 0.184. The maximum atomic E-state index is 7.65. The largest absolute Gasteiger partial charge is 0.497 e. The Labute approximate surface area is 299 Å². The second-order valence-electron chi connectivity index (χ2n) is 16.2. The topological polar surface area (TPSA) is 55.4 Å². The van der Waals surface area contributed by atoms with Gasteiger partial charge in [0, 0.05) is 32.9 Å². The highest BCUT2D eigenvalue weighted by Crippen LogP contribution is 2.68. The Kier molecular flexibility index (Phi) is 6.84. The molecule has 51 heavy (non-hydrogen) atoms. The van der Waals surface area contributed by atoms with Crippen molar-refractivity contribution in [2.75, 3.05) is 28.1 Å². The summed E-state index contributed by atoms with van der Waals surface area (Å²) in [5, 5.41) is 1.94. The molecule has 1 saturated carbocycles. The third-order valence-electron chi connectivity index (χ3n) is 11.6. The number of hydrogen-bond acceptors (Lipinski definition) is 6. The normalized spacial score (nSPS) is 19.2. The molecule has 0 N–H and O–H groups in total. The first-order valence-corrected chi connectivity index (χ1v) is 17.8. The first-order valence-electron chi connectivity index (χ1n) is 17.8. The third-order valence-corrected chi connectivity index (χ3v) is 11.6. The number of hydrogen-bond donors (Lipinski definition) is 0. The van der Waals surface area contributed by atoms with Crippen LogP contribution in [-0.4, -0.2) is 28.1 Å². The van der Waals surface area contributed by atoms with Crippen molar-refractivity contribution in [2.45, 2.75) is 58.0 Å². The zero-order valence-corrected chi connectivity index (χ0v) is 30.4. The van der Waals surface area contributed by atoms with Crippen LogP contribution in [0.5, 0.6) is 34.5 Å². The standard InChI is InChI=1S/C45H44O6/c1-42(2)23-43(3,4)25-44(24-42)34-11-9-8-10-31(34)36-37-33(22-35(48-7)40-41(37)50-26-49-40)39-32(38(36)44)20-21-45(51-39,27-12-16-29(46-5)17-13-27)28-14-18-30(47-6)19-15-28/h8-22H,23-26H2,1-7H3. The van der Waals surface area contributed by atoms with Gasteiger partial charge in [0.2, 0.25) is 12.5 Å². The van der Waals surface area contributed by atoms with Crippen LogP contribution < -0.4 is 28.4 Å². The van der Waals surface area contributed by atoms with Gasteiger partial charge in [0.25, 0.3) is 0 Å². The van der Waals surface area contributed by atoms with Crippen molar-refractivity contribution in [2.24, 2.45) is 10.8 Å². The number of rotatable bonds is 5. The molecular weight excluding hydrogens is 636 g/mol. The van der Waals surface area contributed by atoms with Crippen LogP contribution in [0.1, 0.15) is 74.8 Å². The Morgan fingerprint density at radius 1 is 0.647 bits per heavy atom. The predicted molar refractivity (Wildman–Crippen MR) is 201 cm³/mol. The van der Waals surface area contributed by atoms with Crippen LogP contribution >= 0.6 is 0 Å². The van der Waals surface area contributed by atoms with E-state index in [4.69, 9.17) is 28.4 Å². The van der Waals surface area contributed by atoms with E-state index in [2.05, 4.69) is 94.4 Å². The molecule has 1 fully saturated rings. The summed E-state index contributed by atoms with van der Waals surface area (Å²) in [5.74, 6) is 4.34. The minimum absolute atomic E-state index is 0.106. The summed E-state index contributed by atoms with van der Waals surface area (Å²) in [6, 6.07) is 27.4. The van der Waals surface area contributed by atoms with E-state index >= 15 is 0 Å². The van der Waals surface area contributed by atoms with Crippen molar-refractivity contribution < 1.29 is 28.4 Å². The fraction of sp³-hybridized carbons (Fsp3) is 0.333. The average molecular weight is 681 g/mol. The molecular formula is C45H44O6. The second-order valence-corrected chi connectivity index (χ2v) is 16.2. The maximum Gasteiger partial charge on any atom is 0.231 e. The summed E-state index contributed by atoms with van der Waals surface area (Å²) in [5.41, 5.74) is 7.27. The molecule has 260 valence electrons. The van der Waals surface area contributed by atoms with Crippen LogP contribution in [0.15, 0.2) is 84.9 Å². The number of methoxy groups -OCH3 is 3. The van der Waals surface area contributed by atoms with Crippen LogP contribution in [-0.2, 0) is 11.0 Å². The molecule has 2 aliphatic heterocycles. The van der Waals surface area contributed by atoms with Crippen molar-refractivity contribution in [3.63, 3.8) is 0 Å². The lowest BCUT2D eigenvalue weighted by atomic mass is 9.52. The summed E-state index contributed by atoms with van der Waals surface area (Å²) in [7, 11) is 5.06. The van der Waals surface area contributed by atoms with Gasteiger partial charge in [-0.3, -0.25) is 0 Å². The van der Waals surface area contributed by atoms with Gasteiger partial charge in [0.1, 0.15) is 17.2 Å². The highest BCUT2D eigenvalue weighted by atomic mass is 16.7. The first-order chi connectivity index (χ1) is 24.5. The van der Waals surface area contributed by atoms with Crippen molar-refractivity contribution >= 4 is 16.8 Å². The zero-order chi connectivity index (χ0) is 35.3. The molecule has 0 bridgehead atoms. The Balaban J connectivity index is 1.41. The van der Waals surface area contributed by atoms with E-state index in [1.165, 1.54) is 22.3 Å². The van der Waals surface area contributed by atoms with Gasteiger partial charge in [-0.05, 0) is 88.8 Å². The number of benzene rings is 5. The molecule has 0 saturated heterocycles. The van der Waals surface area contributed by atoms with Crippen molar-refractivity contribution in [1.82, 2.24) is 0 Å². The van der Waals surface area contributed by atoms with Crippen molar-refractivity contribution in [3.8, 4) is 45.6 Å². The Hall–Kier alpha value is -5.10. The lowest BCUT2D eigenvalue weighted by molar-refractivity contribution is 0.0642. The summed E-state index contributed by atoms with van der Waals surface area (Å²) >= 11 is 0. The van der Waals surface area contributed by atoms with Crippen LogP contribution in [0.3, 0.4) is 0 Å². The molecule has 9 rings (SSSR count). The van der Waals surface area contributed by atoms with Gasteiger partial charge in [0.15, 0.2) is 17.1 Å². The monoisotopic (exact) mass is 680 g/mol. The summed E-state index contributed by atoms with van der Waals surface area (Å²) in [6.07, 6.45) is 7.77. The molecule has 5 aromatic carbocycles. The van der Waals surface area contributed by atoms with E-state index in [9.17, 15) is 0 Å². The first kappa shape index (κ1) is 31.9. The van der Waals surface area contributed by atoms with E-state index in [1.54, 1.807) is 21.3 Å². The molecule has 0 amide bonds. The molecule has 0 atom stereocenters.